The number of hydrogen-bond acceptors (Lipinski definition) is 5. The summed E-state index contributed by atoms with van der Waals surface area (Å²) in [5.41, 5.74) is 0.194. The first-order valence-corrected chi connectivity index (χ1v) is 6.61. The lowest BCUT2D eigenvalue weighted by molar-refractivity contribution is 0.0517. The van der Waals surface area contributed by atoms with Gasteiger partial charge in [0.15, 0.2) is 11.5 Å². The fraction of sp³-hybridized carbons (Fsp3) is 0.583. The molecule has 4 nitrogen and oxygen atoms in total. The second-order valence-corrected chi connectivity index (χ2v) is 5.29. The van der Waals surface area contributed by atoms with E-state index >= 15 is 0 Å². The van der Waals surface area contributed by atoms with Gasteiger partial charge in [0.1, 0.15) is 4.88 Å². The van der Waals surface area contributed by atoms with Crippen LogP contribution in [0.15, 0.2) is 0 Å². The topological polar surface area (TPSA) is 56.3 Å². The molecule has 1 aliphatic rings. The van der Waals surface area contributed by atoms with Crippen molar-refractivity contribution < 1.29 is 14.3 Å². The summed E-state index contributed by atoms with van der Waals surface area (Å²) >= 11 is 1.33. The lowest BCUT2D eigenvalue weighted by Gasteiger charge is -1.98. The van der Waals surface area contributed by atoms with Gasteiger partial charge in [-0.3, -0.25) is 4.79 Å². The van der Waals surface area contributed by atoms with Crippen molar-refractivity contribution in [2.75, 3.05) is 6.61 Å². The van der Waals surface area contributed by atoms with Crippen LogP contribution >= 0.6 is 11.3 Å². The predicted octanol–water partition coefficient (Wildman–Crippen LogP) is 2.47. The van der Waals surface area contributed by atoms with Crippen molar-refractivity contribution in [3.8, 4) is 0 Å². The van der Waals surface area contributed by atoms with Gasteiger partial charge in [-0.1, -0.05) is 0 Å². The Bertz CT molecular complexity index is 449. The summed E-state index contributed by atoms with van der Waals surface area (Å²) < 4.78 is 4.91. The van der Waals surface area contributed by atoms with Gasteiger partial charge < -0.3 is 4.74 Å². The van der Waals surface area contributed by atoms with E-state index in [9.17, 15) is 9.59 Å². The average Bonchev–Trinajstić information content (AvgIpc) is 2.95. The molecule has 1 saturated carbocycles. The fourth-order valence-electron chi connectivity index (χ4n) is 1.60. The van der Waals surface area contributed by atoms with Crippen LogP contribution in [0.4, 0.5) is 0 Å². The summed E-state index contributed by atoms with van der Waals surface area (Å²) in [5, 5.41) is 0.876. The Morgan fingerprint density at radius 3 is 2.71 bits per heavy atom. The van der Waals surface area contributed by atoms with Crippen LogP contribution in [-0.2, 0) is 11.2 Å². The summed E-state index contributed by atoms with van der Waals surface area (Å²) in [6.07, 6.45) is 3.33. The number of carbonyl (C=O) groups excluding carboxylic acids is 2. The molecule has 0 bridgehead atoms. The molecule has 1 heterocycles. The molecule has 0 spiro atoms. The van der Waals surface area contributed by atoms with Crippen LogP contribution < -0.4 is 0 Å². The van der Waals surface area contributed by atoms with E-state index in [0.717, 1.165) is 11.4 Å². The summed E-state index contributed by atoms with van der Waals surface area (Å²) in [6, 6.07) is 0. The summed E-state index contributed by atoms with van der Waals surface area (Å²) in [6.45, 7) is 3.49. The summed E-state index contributed by atoms with van der Waals surface area (Å²) in [5.74, 6) is 0.0830. The minimum absolute atomic E-state index is 0.118. The van der Waals surface area contributed by atoms with Gasteiger partial charge in [0.05, 0.1) is 11.6 Å². The van der Waals surface area contributed by atoms with Crippen molar-refractivity contribution in [3.63, 3.8) is 0 Å². The Labute approximate surface area is 104 Å². The zero-order valence-corrected chi connectivity index (χ0v) is 10.8. The van der Waals surface area contributed by atoms with Crippen LogP contribution in [0.5, 0.6) is 0 Å². The van der Waals surface area contributed by atoms with E-state index in [1.54, 1.807) is 6.92 Å². The molecule has 0 saturated heterocycles. The van der Waals surface area contributed by atoms with Crippen molar-refractivity contribution in [2.45, 2.75) is 33.1 Å². The standard InChI is InChI=1S/C12H15NO3S/c1-3-16-12(15)10-11(7(2)14)17-9(13-10)6-8-4-5-8/h8H,3-6H2,1-2H3. The zero-order valence-electron chi connectivity index (χ0n) is 9.99. The maximum absolute atomic E-state index is 11.7. The molecule has 1 aliphatic carbocycles. The zero-order chi connectivity index (χ0) is 12.4. The predicted molar refractivity (Wildman–Crippen MR) is 64.5 cm³/mol. The van der Waals surface area contributed by atoms with E-state index in [2.05, 4.69) is 4.98 Å². The fourth-order valence-corrected chi connectivity index (χ4v) is 2.66. The monoisotopic (exact) mass is 253 g/mol. The van der Waals surface area contributed by atoms with Gasteiger partial charge in [0.2, 0.25) is 0 Å². The molecule has 0 radical (unpaired) electrons. The van der Waals surface area contributed by atoms with Crippen LogP contribution in [0, 0.1) is 5.92 Å². The molecule has 1 aromatic rings. The first kappa shape index (κ1) is 12.2. The molecule has 0 aliphatic heterocycles. The number of Topliss-reactive ketones (excluding diaryl/α,β-unsaturated/α-hetero) is 1. The van der Waals surface area contributed by atoms with Gasteiger partial charge in [-0.25, -0.2) is 9.78 Å². The van der Waals surface area contributed by atoms with Gasteiger partial charge in [0, 0.05) is 13.3 Å². The second-order valence-electron chi connectivity index (χ2n) is 4.21. The van der Waals surface area contributed by atoms with E-state index in [-0.39, 0.29) is 11.5 Å². The number of carbonyl (C=O) groups is 2. The molecular weight excluding hydrogens is 238 g/mol. The second kappa shape index (κ2) is 4.96. The Balaban J connectivity index is 2.23. The summed E-state index contributed by atoms with van der Waals surface area (Å²) in [7, 11) is 0. The third kappa shape index (κ3) is 2.91. The average molecular weight is 253 g/mol. The molecule has 5 heteroatoms. The molecule has 17 heavy (non-hydrogen) atoms. The number of thiazole rings is 1. The molecular formula is C12H15NO3S. The lowest BCUT2D eigenvalue weighted by Crippen LogP contribution is -2.09. The first-order valence-electron chi connectivity index (χ1n) is 5.79. The highest BCUT2D eigenvalue weighted by molar-refractivity contribution is 7.14. The quantitative estimate of drug-likeness (QED) is 0.597. The molecule has 0 unspecified atom stereocenters. The highest BCUT2D eigenvalue weighted by Crippen LogP contribution is 2.34. The van der Waals surface area contributed by atoms with Gasteiger partial charge in [-0.15, -0.1) is 11.3 Å². The Morgan fingerprint density at radius 1 is 1.47 bits per heavy atom. The van der Waals surface area contributed by atoms with Crippen molar-refractivity contribution in [1.29, 1.82) is 0 Å². The van der Waals surface area contributed by atoms with Crippen molar-refractivity contribution in [2.24, 2.45) is 5.92 Å². The SMILES string of the molecule is CCOC(=O)c1nc(CC2CC2)sc1C(C)=O. The van der Waals surface area contributed by atoms with Gasteiger partial charge in [-0.05, 0) is 25.7 Å². The minimum atomic E-state index is -0.490. The number of rotatable bonds is 5. The van der Waals surface area contributed by atoms with Crippen LogP contribution in [0.25, 0.3) is 0 Å². The maximum Gasteiger partial charge on any atom is 0.358 e. The maximum atomic E-state index is 11.7. The molecule has 0 N–H and O–H groups in total. The number of ketones is 1. The molecule has 92 valence electrons. The van der Waals surface area contributed by atoms with Crippen molar-refractivity contribution in [1.82, 2.24) is 4.98 Å². The highest BCUT2D eigenvalue weighted by Gasteiger charge is 2.27. The lowest BCUT2D eigenvalue weighted by atomic mass is 10.3. The normalized spacial score (nSPS) is 14.7. The van der Waals surface area contributed by atoms with E-state index in [4.69, 9.17) is 4.74 Å². The van der Waals surface area contributed by atoms with E-state index in [1.807, 2.05) is 0 Å². The van der Waals surface area contributed by atoms with Gasteiger partial charge >= 0.3 is 5.97 Å². The largest absolute Gasteiger partial charge is 0.461 e. The first-order chi connectivity index (χ1) is 8.11. The molecule has 2 rings (SSSR count). The van der Waals surface area contributed by atoms with Crippen LogP contribution in [0.3, 0.4) is 0 Å². The molecule has 0 amide bonds. The number of ether oxygens (including phenoxy) is 1. The smallest absolute Gasteiger partial charge is 0.358 e. The van der Waals surface area contributed by atoms with Gasteiger partial charge in [0.25, 0.3) is 0 Å². The third-order valence-corrected chi connectivity index (χ3v) is 3.80. The van der Waals surface area contributed by atoms with Crippen molar-refractivity contribution in [3.05, 3.63) is 15.6 Å². The van der Waals surface area contributed by atoms with E-state index in [1.165, 1.54) is 31.1 Å². The number of aromatic nitrogens is 1. The van der Waals surface area contributed by atoms with Crippen LogP contribution in [0.1, 0.15) is 51.9 Å². The molecule has 1 aromatic heterocycles. The molecule has 1 fully saturated rings. The van der Waals surface area contributed by atoms with Crippen LogP contribution in [0.2, 0.25) is 0 Å². The van der Waals surface area contributed by atoms with Crippen molar-refractivity contribution >= 4 is 23.1 Å². The van der Waals surface area contributed by atoms with E-state index < -0.39 is 5.97 Å². The molecule has 0 atom stereocenters. The summed E-state index contributed by atoms with van der Waals surface area (Å²) in [4.78, 5) is 27.8. The number of nitrogens with zero attached hydrogens (tertiary/aromatic N) is 1. The highest BCUT2D eigenvalue weighted by atomic mass is 32.1. The van der Waals surface area contributed by atoms with Gasteiger partial charge in [-0.2, -0.15) is 0 Å². The number of hydrogen-bond donors (Lipinski definition) is 0. The Hall–Kier alpha value is -1.23. The number of esters is 1. The third-order valence-electron chi connectivity index (χ3n) is 2.62. The van der Waals surface area contributed by atoms with E-state index in [0.29, 0.717) is 17.4 Å². The Kier molecular flexibility index (Phi) is 3.57. The minimum Gasteiger partial charge on any atom is -0.461 e. The Morgan fingerprint density at radius 2 is 2.18 bits per heavy atom. The molecule has 0 aromatic carbocycles. The van der Waals surface area contributed by atoms with Crippen LogP contribution in [-0.4, -0.2) is 23.3 Å².